The average Bonchev–Trinajstić information content (AvgIpc) is 3.60. The van der Waals surface area contributed by atoms with Crippen LogP contribution in [0.1, 0.15) is 34.2 Å². The van der Waals surface area contributed by atoms with Gasteiger partial charge in [0.15, 0.2) is 0 Å². The first-order valence-electron chi connectivity index (χ1n) is 12.1. The minimum absolute atomic E-state index is 0. The minimum Gasteiger partial charge on any atom is -0.365 e. The Bertz CT molecular complexity index is 1720. The normalized spacial score (nSPS) is 10.2. The van der Waals surface area contributed by atoms with Crippen LogP contribution in [-0.2, 0) is 16.5 Å². The number of aromatic amines is 1. The summed E-state index contributed by atoms with van der Waals surface area (Å²) in [7, 11) is 0. The smallest absolute Gasteiger partial charge is 0.289 e. The van der Waals surface area contributed by atoms with Crippen LogP contribution in [0.3, 0.4) is 0 Å². The number of hydrogen-bond acceptors (Lipinski definition) is 17. The van der Waals surface area contributed by atoms with Crippen molar-refractivity contribution in [3.8, 4) is 17.8 Å². The first-order valence-corrected chi connectivity index (χ1v) is 12.1. The molecule has 0 aromatic carbocycles. The van der Waals surface area contributed by atoms with E-state index in [-0.39, 0.29) is 34.0 Å². The summed E-state index contributed by atoms with van der Waals surface area (Å²) in [5.74, 6) is 1.09. The summed E-state index contributed by atoms with van der Waals surface area (Å²) < 4.78 is 4.70. The van der Waals surface area contributed by atoms with Crippen molar-refractivity contribution in [2.24, 2.45) is 0 Å². The summed E-state index contributed by atoms with van der Waals surface area (Å²) in [6.45, 7) is 11.4. The van der Waals surface area contributed by atoms with Gasteiger partial charge in [-0.3, -0.25) is 5.41 Å². The molecule has 0 aliphatic heterocycles. The molecule has 0 atom stereocenters. The second-order valence-electron chi connectivity index (χ2n) is 8.71. The van der Waals surface area contributed by atoms with Crippen molar-refractivity contribution in [3.63, 3.8) is 0 Å². The Morgan fingerprint density at radius 2 is 0.860 bits per heavy atom. The largest absolute Gasteiger partial charge is 0.365 e. The molecule has 0 aliphatic carbocycles. The van der Waals surface area contributed by atoms with Crippen LogP contribution in [-0.4, -0.2) is 90.5 Å². The fourth-order valence-corrected chi connectivity index (χ4v) is 3.46. The third-order valence-corrected chi connectivity index (χ3v) is 5.07. The molecule has 226 valence electrons. The topological polar surface area (TPSA) is 287 Å². The standard InChI is InChI=1S/3C7H9N7.Ni/c3*1-4-3-5(2)14(13-4)7-11-9-6(8)10-12-7;/h3*3H,1-2H3,(H2,8,9,10);. The van der Waals surface area contributed by atoms with Crippen LogP contribution in [0.2, 0.25) is 0 Å². The maximum Gasteiger partial charge on any atom is 0.289 e. The third kappa shape index (κ3) is 8.19. The molecule has 0 radical (unpaired) electrons. The van der Waals surface area contributed by atoms with Gasteiger partial charge >= 0.3 is 0 Å². The number of hydrogen-bond donors (Lipinski definition) is 4. The molecule has 0 aliphatic rings. The van der Waals surface area contributed by atoms with Crippen LogP contribution in [0.5, 0.6) is 0 Å². The Balaban J connectivity index is 0.000000175. The van der Waals surface area contributed by atoms with Gasteiger partial charge in [0, 0.05) is 33.6 Å². The summed E-state index contributed by atoms with van der Waals surface area (Å²) in [6, 6.07) is 5.75. The van der Waals surface area contributed by atoms with Crippen LogP contribution in [0.15, 0.2) is 18.2 Å². The summed E-state index contributed by atoms with van der Waals surface area (Å²) >= 11 is 0. The molecule has 6 aromatic heterocycles. The molecule has 6 rings (SSSR count). The maximum absolute atomic E-state index is 7.09. The Morgan fingerprint density at radius 1 is 0.535 bits per heavy atom. The Labute approximate surface area is 253 Å². The van der Waals surface area contributed by atoms with Crippen LogP contribution in [0.4, 0.5) is 11.9 Å². The van der Waals surface area contributed by atoms with E-state index < -0.39 is 0 Å². The van der Waals surface area contributed by atoms with Crippen molar-refractivity contribution < 1.29 is 16.5 Å². The molecule has 0 bridgehead atoms. The van der Waals surface area contributed by atoms with E-state index in [1.165, 1.54) is 0 Å². The van der Waals surface area contributed by atoms with Gasteiger partial charge in [0.2, 0.25) is 0 Å². The van der Waals surface area contributed by atoms with Gasteiger partial charge < -0.3 is 11.5 Å². The third-order valence-electron chi connectivity index (χ3n) is 5.07. The summed E-state index contributed by atoms with van der Waals surface area (Å²) in [5.41, 5.74) is 15.9. The zero-order valence-corrected chi connectivity index (χ0v) is 24.8. The van der Waals surface area contributed by atoms with Crippen molar-refractivity contribution in [2.45, 2.75) is 41.5 Å². The van der Waals surface area contributed by atoms with E-state index in [2.05, 4.69) is 76.5 Å². The molecule has 0 spiro atoms. The fraction of sp³-hybridized carbons (Fsp3) is 0.286. The molecule has 0 amide bonds. The second kappa shape index (κ2) is 13.8. The minimum atomic E-state index is -0.0738. The van der Waals surface area contributed by atoms with E-state index in [1.807, 2.05) is 59.7 Å². The summed E-state index contributed by atoms with van der Waals surface area (Å²) in [6.07, 6.45) is 0. The predicted molar refractivity (Wildman–Crippen MR) is 144 cm³/mol. The molecule has 6 heterocycles. The molecule has 6 N–H and O–H groups in total. The van der Waals surface area contributed by atoms with Crippen LogP contribution in [0.25, 0.3) is 17.8 Å². The summed E-state index contributed by atoms with van der Waals surface area (Å²) in [5, 5.41) is 62.7. The van der Waals surface area contributed by atoms with E-state index in [9.17, 15) is 0 Å². The van der Waals surface area contributed by atoms with Crippen molar-refractivity contribution in [1.82, 2.24) is 90.5 Å². The van der Waals surface area contributed by atoms with Gasteiger partial charge in [-0.25, -0.2) is 19.1 Å². The van der Waals surface area contributed by atoms with Gasteiger partial charge in [0.1, 0.15) is 0 Å². The van der Waals surface area contributed by atoms with Gasteiger partial charge in [-0.1, -0.05) is 0 Å². The zero-order valence-electron chi connectivity index (χ0n) is 23.8. The second-order valence-corrected chi connectivity index (χ2v) is 8.71. The van der Waals surface area contributed by atoms with Crippen LogP contribution >= 0.6 is 0 Å². The molecule has 22 heteroatoms. The van der Waals surface area contributed by atoms with E-state index in [1.54, 1.807) is 14.0 Å². The number of nitrogens with two attached hydrogens (primary N) is 2. The first-order chi connectivity index (χ1) is 20.0. The van der Waals surface area contributed by atoms with Gasteiger partial charge in [-0.2, -0.15) is 15.3 Å². The first kappa shape index (κ1) is 31.9. The number of rotatable bonds is 3. The van der Waals surface area contributed by atoms with Crippen molar-refractivity contribution in [1.29, 1.82) is 5.41 Å². The number of H-pyrrole nitrogens is 1. The van der Waals surface area contributed by atoms with E-state index in [0.717, 1.165) is 34.2 Å². The molecule has 0 fully saturated rings. The van der Waals surface area contributed by atoms with Crippen LogP contribution in [0, 0.1) is 47.0 Å². The molecular weight excluding hydrogens is 605 g/mol. The van der Waals surface area contributed by atoms with E-state index >= 15 is 0 Å². The Hall–Kier alpha value is -5.66. The quantitative estimate of drug-likeness (QED) is 0.166. The van der Waals surface area contributed by atoms with Crippen LogP contribution < -0.4 is 17.1 Å². The predicted octanol–water partition coefficient (Wildman–Crippen LogP) is -1.22. The molecule has 6 aromatic rings. The summed E-state index contributed by atoms with van der Waals surface area (Å²) in [4.78, 5) is 0. The molecule has 43 heavy (non-hydrogen) atoms. The number of aryl methyl sites for hydroxylation is 6. The fourth-order valence-electron chi connectivity index (χ4n) is 3.46. The van der Waals surface area contributed by atoms with E-state index in [0.29, 0.717) is 17.8 Å². The monoisotopic (exact) mass is 631 g/mol. The zero-order chi connectivity index (χ0) is 30.4. The molecule has 0 saturated carbocycles. The Kier molecular flexibility index (Phi) is 10.2. The number of aromatic nitrogens is 18. The maximum atomic E-state index is 7.09. The molecular formula is C21H27N21Ni. The molecule has 0 saturated heterocycles. The number of nitrogens with one attached hydrogen (secondary N) is 2. The average molecular weight is 632 g/mol. The van der Waals surface area contributed by atoms with Crippen molar-refractivity contribution in [2.75, 3.05) is 11.5 Å². The number of nitrogen functional groups attached to an aromatic ring is 2. The number of anilines is 2. The Morgan fingerprint density at radius 3 is 1.14 bits per heavy atom. The SMILES string of the molecule is Cc1cc(C)n(-c2nnc(=N)[nH]n2)n1.Cc1cc(C)n(-c2nnc(N)nn2)n1.Cc1cc(C)n(-c2nnc(N)nn2)n1.[Ni]. The van der Waals surface area contributed by atoms with Crippen molar-refractivity contribution >= 4 is 11.9 Å². The van der Waals surface area contributed by atoms with Gasteiger partial charge in [-0.15, -0.1) is 56.1 Å². The number of nitrogens with zero attached hydrogens (tertiary/aromatic N) is 17. The van der Waals surface area contributed by atoms with Gasteiger partial charge in [-0.05, 0) is 59.7 Å². The van der Waals surface area contributed by atoms with Gasteiger partial charge in [0.05, 0.1) is 17.1 Å². The molecule has 0 unspecified atom stereocenters. The van der Waals surface area contributed by atoms with E-state index in [4.69, 9.17) is 16.9 Å². The van der Waals surface area contributed by atoms with Gasteiger partial charge in [0.25, 0.3) is 35.4 Å². The molecule has 21 nitrogen and oxygen atoms in total. The van der Waals surface area contributed by atoms with Crippen molar-refractivity contribution in [3.05, 3.63) is 58.0 Å².